The zero-order valence-corrected chi connectivity index (χ0v) is 15.7. The van der Waals surface area contributed by atoms with Crippen LogP contribution in [0.2, 0.25) is 0 Å². The quantitative estimate of drug-likeness (QED) is 0.540. The molecule has 1 fully saturated rings. The normalized spacial score (nSPS) is 21.6. The van der Waals surface area contributed by atoms with Gasteiger partial charge in [0, 0.05) is 12.6 Å². The summed E-state index contributed by atoms with van der Waals surface area (Å²) in [5, 5.41) is 27.3. The van der Waals surface area contributed by atoms with Crippen LogP contribution in [0.25, 0.3) is 11.3 Å². The summed E-state index contributed by atoms with van der Waals surface area (Å²) in [5.41, 5.74) is 1.40. The Morgan fingerprint density at radius 2 is 2.00 bits per heavy atom. The molecule has 0 saturated carbocycles. The average molecular weight is 399 g/mol. The van der Waals surface area contributed by atoms with Crippen molar-refractivity contribution < 1.29 is 14.9 Å². The number of rotatable bonds is 5. The zero-order chi connectivity index (χ0) is 20.5. The van der Waals surface area contributed by atoms with Crippen molar-refractivity contribution in [2.45, 2.75) is 38.3 Å². The molecule has 4 rings (SSSR count). The molecule has 0 bridgehead atoms. The number of H-pyrrole nitrogens is 1. The number of benzene rings is 1. The summed E-state index contributed by atoms with van der Waals surface area (Å²) in [6.45, 7) is 2.13. The molecule has 3 aromatic rings. The van der Waals surface area contributed by atoms with E-state index in [-0.39, 0.29) is 18.6 Å². The first-order valence-electron chi connectivity index (χ1n) is 9.20. The Morgan fingerprint density at radius 3 is 2.69 bits per heavy atom. The first kappa shape index (κ1) is 19.2. The van der Waals surface area contributed by atoms with E-state index < -0.39 is 29.7 Å². The topological polar surface area (TPSA) is 135 Å². The Labute approximate surface area is 165 Å². The van der Waals surface area contributed by atoms with Gasteiger partial charge in [0.2, 0.25) is 0 Å². The summed E-state index contributed by atoms with van der Waals surface area (Å²) in [5.74, 6) is 0. The fraction of sp³-hybridized carbons (Fsp3) is 0.368. The maximum absolute atomic E-state index is 12.3. The fourth-order valence-corrected chi connectivity index (χ4v) is 3.31. The lowest BCUT2D eigenvalue weighted by atomic mass is 10.1. The maximum atomic E-state index is 12.3. The molecule has 0 unspecified atom stereocenters. The number of hydrogen-bond donors (Lipinski definition) is 3. The summed E-state index contributed by atoms with van der Waals surface area (Å²) in [7, 11) is 0. The van der Waals surface area contributed by atoms with Crippen LogP contribution in [0.1, 0.15) is 23.8 Å². The SMILES string of the molecule is Cc1ccc(Cn2cc(-c3cn([C@H]4C[C@H](O)[C@@H](CO)O4)c(=O)[nH]c3=O)nn2)cc1. The third-order valence-electron chi connectivity index (χ3n) is 4.94. The predicted octanol–water partition coefficient (Wildman–Crippen LogP) is -0.207. The molecule has 0 aliphatic carbocycles. The van der Waals surface area contributed by atoms with Crippen LogP contribution in [0.3, 0.4) is 0 Å². The molecule has 10 nitrogen and oxygen atoms in total. The number of aromatic amines is 1. The first-order chi connectivity index (χ1) is 13.9. The molecule has 1 aromatic carbocycles. The summed E-state index contributed by atoms with van der Waals surface area (Å²) in [4.78, 5) is 26.8. The smallest absolute Gasteiger partial charge is 0.330 e. The van der Waals surface area contributed by atoms with Gasteiger partial charge in [-0.2, -0.15) is 0 Å². The minimum atomic E-state index is -0.900. The zero-order valence-electron chi connectivity index (χ0n) is 15.7. The number of aryl methyl sites for hydroxylation is 1. The highest BCUT2D eigenvalue weighted by molar-refractivity contribution is 5.54. The van der Waals surface area contributed by atoms with E-state index in [1.165, 1.54) is 10.8 Å². The van der Waals surface area contributed by atoms with Crippen molar-refractivity contribution in [3.05, 3.63) is 68.6 Å². The molecule has 0 radical (unpaired) electrons. The van der Waals surface area contributed by atoms with E-state index >= 15 is 0 Å². The molecule has 1 saturated heterocycles. The molecule has 29 heavy (non-hydrogen) atoms. The van der Waals surface area contributed by atoms with Gasteiger partial charge in [-0.1, -0.05) is 35.0 Å². The van der Waals surface area contributed by atoms with Crippen LogP contribution in [-0.4, -0.2) is 53.6 Å². The first-order valence-corrected chi connectivity index (χ1v) is 9.20. The second-order valence-corrected chi connectivity index (χ2v) is 7.11. The lowest BCUT2D eigenvalue weighted by molar-refractivity contribution is -0.0458. The van der Waals surface area contributed by atoms with Gasteiger partial charge in [-0.15, -0.1) is 5.10 Å². The molecule has 2 aromatic heterocycles. The Morgan fingerprint density at radius 1 is 1.24 bits per heavy atom. The van der Waals surface area contributed by atoms with E-state index in [4.69, 9.17) is 4.74 Å². The van der Waals surface area contributed by atoms with Crippen LogP contribution in [0.4, 0.5) is 0 Å². The number of nitrogens with zero attached hydrogens (tertiary/aromatic N) is 4. The summed E-state index contributed by atoms with van der Waals surface area (Å²) in [6.07, 6.45) is 0.614. The minimum Gasteiger partial charge on any atom is -0.394 e. The van der Waals surface area contributed by atoms with Gasteiger partial charge in [0.1, 0.15) is 18.0 Å². The molecule has 1 aliphatic rings. The van der Waals surface area contributed by atoms with Gasteiger partial charge in [0.25, 0.3) is 5.56 Å². The van der Waals surface area contributed by atoms with E-state index in [9.17, 15) is 19.8 Å². The summed E-state index contributed by atoms with van der Waals surface area (Å²) < 4.78 is 8.31. The number of ether oxygens (including phenoxy) is 1. The van der Waals surface area contributed by atoms with Gasteiger partial charge >= 0.3 is 5.69 Å². The number of aliphatic hydroxyl groups is 2. The van der Waals surface area contributed by atoms with Crippen molar-refractivity contribution >= 4 is 0 Å². The van der Waals surface area contributed by atoms with Crippen LogP contribution in [0.5, 0.6) is 0 Å². The molecule has 3 atom stereocenters. The number of hydrogen-bond acceptors (Lipinski definition) is 7. The summed E-state index contributed by atoms with van der Waals surface area (Å²) >= 11 is 0. The molecule has 1 aliphatic heterocycles. The third-order valence-corrected chi connectivity index (χ3v) is 4.94. The van der Waals surface area contributed by atoms with Crippen molar-refractivity contribution in [2.24, 2.45) is 0 Å². The highest BCUT2D eigenvalue weighted by Crippen LogP contribution is 2.27. The van der Waals surface area contributed by atoms with Crippen LogP contribution in [0, 0.1) is 6.92 Å². The van der Waals surface area contributed by atoms with Crippen LogP contribution < -0.4 is 11.2 Å². The Balaban J connectivity index is 1.62. The number of aliphatic hydroxyl groups excluding tert-OH is 2. The molecular weight excluding hydrogens is 378 g/mol. The number of aromatic nitrogens is 5. The van der Waals surface area contributed by atoms with E-state index in [1.807, 2.05) is 31.2 Å². The monoisotopic (exact) mass is 399 g/mol. The van der Waals surface area contributed by atoms with Crippen molar-refractivity contribution in [1.29, 1.82) is 0 Å². The second kappa shape index (κ2) is 7.74. The number of nitrogens with one attached hydrogen (secondary N) is 1. The van der Waals surface area contributed by atoms with Gasteiger partial charge in [0.15, 0.2) is 0 Å². The van der Waals surface area contributed by atoms with E-state index in [1.54, 1.807) is 10.9 Å². The van der Waals surface area contributed by atoms with Crippen LogP contribution >= 0.6 is 0 Å². The van der Waals surface area contributed by atoms with Crippen molar-refractivity contribution in [2.75, 3.05) is 6.61 Å². The highest BCUT2D eigenvalue weighted by Gasteiger charge is 2.35. The predicted molar refractivity (Wildman–Crippen MR) is 102 cm³/mol. The molecule has 3 heterocycles. The standard InChI is InChI=1S/C19H21N5O5/c1-11-2-4-12(5-3-11)7-23-9-14(21-22-23)13-8-24(19(28)20-18(13)27)17-6-15(26)16(10-25)29-17/h2-5,8-9,15-17,25-26H,6-7,10H2,1H3,(H,20,27,28)/t15-,16+,17+/m0/s1. The largest absolute Gasteiger partial charge is 0.394 e. The molecule has 0 amide bonds. The van der Waals surface area contributed by atoms with E-state index in [0.29, 0.717) is 12.2 Å². The highest BCUT2D eigenvalue weighted by atomic mass is 16.5. The Bertz CT molecular complexity index is 1120. The molecular formula is C19H21N5O5. The Hall–Kier alpha value is -3.08. The van der Waals surface area contributed by atoms with Gasteiger partial charge in [0.05, 0.1) is 31.0 Å². The van der Waals surface area contributed by atoms with Crippen molar-refractivity contribution in [3.8, 4) is 11.3 Å². The van der Waals surface area contributed by atoms with Gasteiger partial charge in [-0.05, 0) is 12.5 Å². The van der Waals surface area contributed by atoms with Gasteiger partial charge in [-0.25, -0.2) is 9.48 Å². The van der Waals surface area contributed by atoms with Gasteiger partial charge in [-0.3, -0.25) is 14.3 Å². The molecule has 3 N–H and O–H groups in total. The molecule has 10 heteroatoms. The maximum Gasteiger partial charge on any atom is 0.330 e. The van der Waals surface area contributed by atoms with E-state index in [0.717, 1.165) is 11.1 Å². The second-order valence-electron chi connectivity index (χ2n) is 7.11. The average Bonchev–Trinajstić information content (AvgIpc) is 3.30. The Kier molecular flexibility index (Phi) is 5.14. The summed E-state index contributed by atoms with van der Waals surface area (Å²) in [6, 6.07) is 7.99. The van der Waals surface area contributed by atoms with E-state index in [2.05, 4.69) is 15.3 Å². The lowest BCUT2D eigenvalue weighted by Crippen LogP contribution is -2.33. The van der Waals surface area contributed by atoms with Crippen molar-refractivity contribution in [3.63, 3.8) is 0 Å². The molecule has 152 valence electrons. The van der Waals surface area contributed by atoms with Crippen molar-refractivity contribution in [1.82, 2.24) is 24.5 Å². The van der Waals surface area contributed by atoms with Crippen LogP contribution in [0.15, 0.2) is 46.2 Å². The van der Waals surface area contributed by atoms with Gasteiger partial charge < -0.3 is 14.9 Å². The minimum absolute atomic E-state index is 0.122. The fourth-order valence-electron chi connectivity index (χ4n) is 3.31. The lowest BCUT2D eigenvalue weighted by Gasteiger charge is -2.14. The molecule has 0 spiro atoms. The van der Waals surface area contributed by atoms with Crippen LogP contribution in [-0.2, 0) is 11.3 Å². The third kappa shape index (κ3) is 3.90.